The number of rotatable bonds is 7. The average Bonchev–Trinajstić information content (AvgIpc) is 3.32. The summed E-state index contributed by atoms with van der Waals surface area (Å²) in [5.74, 6) is 0. The van der Waals surface area contributed by atoms with Gasteiger partial charge in [0.1, 0.15) is 0 Å². The summed E-state index contributed by atoms with van der Waals surface area (Å²) in [6.45, 7) is 0. The van der Waals surface area contributed by atoms with Crippen LogP contribution in [0.1, 0.15) is 0 Å². The summed E-state index contributed by atoms with van der Waals surface area (Å²) in [7, 11) is 0. The number of hydrogen-bond donors (Lipinski definition) is 0. The maximum atomic E-state index is 2.42. The molecule has 0 N–H and O–H groups in total. The van der Waals surface area contributed by atoms with E-state index in [1.165, 1.54) is 87.6 Å². The van der Waals surface area contributed by atoms with Crippen molar-refractivity contribution >= 4 is 60.2 Å². The van der Waals surface area contributed by atoms with Gasteiger partial charge in [-0.1, -0.05) is 194 Å². The van der Waals surface area contributed by atoms with Gasteiger partial charge in [-0.25, -0.2) is 0 Å². The van der Waals surface area contributed by atoms with E-state index in [0.29, 0.717) is 0 Å². The zero-order valence-electron chi connectivity index (χ0n) is 32.5. The van der Waals surface area contributed by atoms with Gasteiger partial charge in [-0.05, 0) is 130 Å². The summed E-state index contributed by atoms with van der Waals surface area (Å²) in [4.78, 5) is 2.42. The van der Waals surface area contributed by atoms with Gasteiger partial charge >= 0.3 is 0 Å². The van der Waals surface area contributed by atoms with Crippen LogP contribution < -0.4 is 4.90 Å². The molecule has 0 amide bonds. The van der Waals surface area contributed by atoms with Gasteiger partial charge in [0.15, 0.2) is 0 Å². The second-order valence-electron chi connectivity index (χ2n) is 15.3. The van der Waals surface area contributed by atoms with Crippen LogP contribution in [-0.2, 0) is 0 Å². The molecule has 11 rings (SSSR count). The molecular formula is C58H39N. The Morgan fingerprint density at radius 2 is 0.712 bits per heavy atom. The number of fused-ring (bicyclic) bond motifs is 5. The van der Waals surface area contributed by atoms with Gasteiger partial charge in [0.25, 0.3) is 0 Å². The van der Waals surface area contributed by atoms with Gasteiger partial charge in [0.2, 0.25) is 0 Å². The lowest BCUT2D eigenvalue weighted by Gasteiger charge is -2.27. The Labute approximate surface area is 344 Å². The van der Waals surface area contributed by atoms with E-state index >= 15 is 0 Å². The molecule has 11 aromatic rings. The smallest absolute Gasteiger partial charge is 0.0468 e. The molecule has 0 unspecified atom stereocenters. The first-order valence-corrected chi connectivity index (χ1v) is 20.3. The molecule has 0 radical (unpaired) electrons. The molecule has 0 saturated heterocycles. The van der Waals surface area contributed by atoms with E-state index in [-0.39, 0.29) is 0 Å². The SMILES string of the molecule is c1ccc(-c2ccc3cc(N(c4ccc(-c5cccc6ccccc56)cc4)c4ccc5c(c4)c(-c4ccccc4)c(-c4ccccc4)c4ccccc45)ccc3c2)cc1. The largest absolute Gasteiger partial charge is 0.310 e. The van der Waals surface area contributed by atoms with E-state index in [4.69, 9.17) is 0 Å². The van der Waals surface area contributed by atoms with E-state index in [0.717, 1.165) is 17.1 Å². The molecule has 0 aliphatic carbocycles. The zero-order valence-corrected chi connectivity index (χ0v) is 32.5. The van der Waals surface area contributed by atoms with Crippen molar-refractivity contribution in [2.45, 2.75) is 0 Å². The van der Waals surface area contributed by atoms with Crippen LogP contribution in [0, 0.1) is 0 Å². The summed E-state index contributed by atoms with van der Waals surface area (Å²) < 4.78 is 0. The molecular weight excluding hydrogens is 711 g/mol. The third-order valence-electron chi connectivity index (χ3n) is 11.8. The normalized spacial score (nSPS) is 11.4. The summed E-state index contributed by atoms with van der Waals surface area (Å²) >= 11 is 0. The highest BCUT2D eigenvalue weighted by molar-refractivity contribution is 6.22. The minimum Gasteiger partial charge on any atom is -0.310 e. The number of benzene rings is 11. The number of hydrogen-bond acceptors (Lipinski definition) is 1. The molecule has 1 heteroatoms. The molecule has 276 valence electrons. The van der Waals surface area contributed by atoms with Crippen LogP contribution in [0.3, 0.4) is 0 Å². The maximum Gasteiger partial charge on any atom is 0.0468 e. The summed E-state index contributed by atoms with van der Waals surface area (Å²) in [5, 5.41) is 9.87. The lowest BCUT2D eigenvalue weighted by Crippen LogP contribution is -2.10. The molecule has 0 atom stereocenters. The number of nitrogens with zero attached hydrogens (tertiary/aromatic N) is 1. The summed E-state index contributed by atoms with van der Waals surface area (Å²) in [6.07, 6.45) is 0. The van der Waals surface area contributed by atoms with Crippen LogP contribution in [0.2, 0.25) is 0 Å². The van der Waals surface area contributed by atoms with Gasteiger partial charge in [-0.2, -0.15) is 0 Å². The van der Waals surface area contributed by atoms with Crippen LogP contribution in [0.5, 0.6) is 0 Å². The molecule has 0 aliphatic heterocycles. The Kier molecular flexibility index (Phi) is 8.56. The van der Waals surface area contributed by atoms with Gasteiger partial charge in [0.05, 0.1) is 0 Å². The van der Waals surface area contributed by atoms with Crippen molar-refractivity contribution in [2.24, 2.45) is 0 Å². The van der Waals surface area contributed by atoms with E-state index in [1.807, 2.05) is 0 Å². The first kappa shape index (κ1) is 34.5. The monoisotopic (exact) mass is 749 g/mol. The van der Waals surface area contributed by atoms with Gasteiger partial charge in [0, 0.05) is 17.1 Å². The molecule has 0 spiro atoms. The highest BCUT2D eigenvalue weighted by Crippen LogP contribution is 2.47. The van der Waals surface area contributed by atoms with Crippen molar-refractivity contribution in [3.63, 3.8) is 0 Å². The van der Waals surface area contributed by atoms with Crippen molar-refractivity contribution in [3.05, 3.63) is 237 Å². The lowest BCUT2D eigenvalue weighted by molar-refractivity contribution is 1.29. The van der Waals surface area contributed by atoms with E-state index < -0.39 is 0 Å². The predicted octanol–water partition coefficient (Wildman–Crippen LogP) is 16.4. The Bertz CT molecular complexity index is 3290. The van der Waals surface area contributed by atoms with Crippen molar-refractivity contribution in [3.8, 4) is 44.5 Å². The van der Waals surface area contributed by atoms with Gasteiger partial charge < -0.3 is 4.90 Å². The third kappa shape index (κ3) is 6.21. The first-order valence-electron chi connectivity index (χ1n) is 20.3. The van der Waals surface area contributed by atoms with E-state index in [1.54, 1.807) is 0 Å². The molecule has 59 heavy (non-hydrogen) atoms. The van der Waals surface area contributed by atoms with E-state index in [9.17, 15) is 0 Å². The Morgan fingerprint density at radius 1 is 0.220 bits per heavy atom. The quantitative estimate of drug-likeness (QED) is 0.147. The highest BCUT2D eigenvalue weighted by Gasteiger charge is 2.21. The minimum absolute atomic E-state index is 1.10. The Balaban J connectivity index is 1.14. The van der Waals surface area contributed by atoms with Crippen molar-refractivity contribution in [1.29, 1.82) is 0 Å². The fourth-order valence-corrected chi connectivity index (χ4v) is 9.02. The molecule has 0 aliphatic rings. The first-order chi connectivity index (χ1) is 29.3. The van der Waals surface area contributed by atoms with Crippen molar-refractivity contribution in [1.82, 2.24) is 0 Å². The average molecular weight is 750 g/mol. The molecule has 11 aromatic carbocycles. The second kappa shape index (κ2) is 14.6. The summed E-state index contributed by atoms with van der Waals surface area (Å²) in [6, 6.07) is 86.3. The minimum atomic E-state index is 1.10. The second-order valence-corrected chi connectivity index (χ2v) is 15.3. The maximum absolute atomic E-state index is 2.42. The predicted molar refractivity (Wildman–Crippen MR) is 253 cm³/mol. The van der Waals surface area contributed by atoms with Crippen molar-refractivity contribution in [2.75, 3.05) is 4.90 Å². The molecule has 0 heterocycles. The Hall–Kier alpha value is -7.74. The lowest BCUT2D eigenvalue weighted by atomic mass is 9.85. The van der Waals surface area contributed by atoms with Crippen LogP contribution in [0.25, 0.3) is 87.6 Å². The van der Waals surface area contributed by atoms with Gasteiger partial charge in [-0.3, -0.25) is 0 Å². The van der Waals surface area contributed by atoms with Crippen LogP contribution >= 0.6 is 0 Å². The number of anilines is 3. The van der Waals surface area contributed by atoms with Gasteiger partial charge in [-0.15, -0.1) is 0 Å². The highest BCUT2D eigenvalue weighted by atomic mass is 15.1. The molecule has 0 saturated carbocycles. The molecule has 0 aromatic heterocycles. The zero-order chi connectivity index (χ0) is 39.1. The standard InChI is InChI=1S/C58H39N/c1-4-15-40(16-5-1)45-27-28-47-38-49(34-31-46(47)37-45)59(48-32-29-42(30-33-48)52-26-14-22-41-17-10-11-23-51(41)52)50-35-36-54-53-24-12-13-25-55(53)57(43-18-6-2-7-19-43)58(56(54)39-50)44-20-8-3-9-21-44/h1-39H. The topological polar surface area (TPSA) is 3.24 Å². The van der Waals surface area contributed by atoms with Crippen LogP contribution in [-0.4, -0.2) is 0 Å². The fourth-order valence-electron chi connectivity index (χ4n) is 9.02. The fraction of sp³-hybridized carbons (Fsp3) is 0. The van der Waals surface area contributed by atoms with Crippen LogP contribution in [0.4, 0.5) is 17.1 Å². The Morgan fingerprint density at radius 3 is 1.44 bits per heavy atom. The third-order valence-corrected chi connectivity index (χ3v) is 11.8. The molecule has 0 bridgehead atoms. The molecule has 1 nitrogen and oxygen atoms in total. The molecule has 0 fully saturated rings. The van der Waals surface area contributed by atoms with Crippen molar-refractivity contribution < 1.29 is 0 Å². The van der Waals surface area contributed by atoms with E-state index in [2.05, 4.69) is 241 Å². The van der Waals surface area contributed by atoms with Crippen LogP contribution in [0.15, 0.2) is 237 Å². The summed E-state index contributed by atoms with van der Waals surface area (Å²) in [5.41, 5.74) is 13.1.